The van der Waals surface area contributed by atoms with E-state index in [-0.39, 0.29) is 19.6 Å². The summed E-state index contributed by atoms with van der Waals surface area (Å²) in [6.07, 6.45) is -0.784. The van der Waals surface area contributed by atoms with Crippen LogP contribution in [0.2, 0.25) is 0 Å². The fraction of sp³-hybridized carbons (Fsp3) is 0.240. The molecule has 6 nitrogen and oxygen atoms in total. The van der Waals surface area contributed by atoms with Crippen molar-refractivity contribution in [2.75, 3.05) is 6.61 Å². The molecule has 0 radical (unpaired) electrons. The highest BCUT2D eigenvalue weighted by atomic mass is 16.5. The van der Waals surface area contributed by atoms with Crippen LogP contribution in [0.1, 0.15) is 41.3 Å². The molecular formula is C25H27NO5. The number of nitrogens with two attached hydrogens (primary N) is 1. The first-order valence-electron chi connectivity index (χ1n) is 10.1. The van der Waals surface area contributed by atoms with Crippen molar-refractivity contribution in [3.05, 3.63) is 89.0 Å². The first-order valence-corrected chi connectivity index (χ1v) is 10.1. The predicted molar refractivity (Wildman–Crippen MR) is 119 cm³/mol. The second kappa shape index (κ2) is 10.2. The highest BCUT2D eigenvalue weighted by molar-refractivity contribution is 5.71. The van der Waals surface area contributed by atoms with Crippen molar-refractivity contribution in [1.29, 1.82) is 0 Å². The number of aliphatic carboxylic acids is 1. The van der Waals surface area contributed by atoms with Crippen LogP contribution in [-0.2, 0) is 17.8 Å². The number of hydrogen-bond acceptors (Lipinski definition) is 5. The van der Waals surface area contributed by atoms with Gasteiger partial charge < -0.3 is 25.8 Å². The molecule has 0 heterocycles. The van der Waals surface area contributed by atoms with E-state index in [1.807, 2.05) is 42.5 Å². The SMILES string of the molecule is CC(O)c1cc(COc2ccccc2CC(=O)O)cc(-c2cccc([C@H](N)CO)c2)c1. The molecule has 31 heavy (non-hydrogen) atoms. The summed E-state index contributed by atoms with van der Waals surface area (Å²) in [4.78, 5) is 11.1. The van der Waals surface area contributed by atoms with E-state index in [9.17, 15) is 15.0 Å². The second-order valence-electron chi connectivity index (χ2n) is 7.52. The van der Waals surface area contributed by atoms with Gasteiger partial charge in [-0.15, -0.1) is 0 Å². The topological polar surface area (TPSA) is 113 Å². The number of benzene rings is 3. The van der Waals surface area contributed by atoms with E-state index in [1.165, 1.54) is 0 Å². The summed E-state index contributed by atoms with van der Waals surface area (Å²) < 4.78 is 5.93. The molecule has 1 unspecified atom stereocenters. The van der Waals surface area contributed by atoms with Crippen molar-refractivity contribution >= 4 is 5.97 Å². The maximum Gasteiger partial charge on any atom is 0.307 e. The minimum atomic E-state index is -0.921. The highest BCUT2D eigenvalue weighted by Gasteiger charge is 2.12. The lowest BCUT2D eigenvalue weighted by Gasteiger charge is -2.15. The predicted octanol–water partition coefficient (Wildman–Crippen LogP) is 3.61. The summed E-state index contributed by atoms with van der Waals surface area (Å²) in [5.74, 6) is -0.403. The first kappa shape index (κ1) is 22.5. The number of ether oxygens (including phenoxy) is 1. The van der Waals surface area contributed by atoms with Crippen LogP contribution in [0.25, 0.3) is 11.1 Å². The highest BCUT2D eigenvalue weighted by Crippen LogP contribution is 2.28. The van der Waals surface area contributed by atoms with E-state index in [0.717, 1.165) is 27.8 Å². The van der Waals surface area contributed by atoms with Gasteiger partial charge >= 0.3 is 5.97 Å². The maximum atomic E-state index is 11.1. The fourth-order valence-corrected chi connectivity index (χ4v) is 3.38. The van der Waals surface area contributed by atoms with Crippen LogP contribution in [0, 0.1) is 0 Å². The summed E-state index contributed by atoms with van der Waals surface area (Å²) in [6.45, 7) is 1.77. The van der Waals surface area contributed by atoms with Gasteiger partial charge in [0, 0.05) is 5.56 Å². The molecule has 5 N–H and O–H groups in total. The van der Waals surface area contributed by atoms with E-state index in [4.69, 9.17) is 15.6 Å². The Hall–Kier alpha value is -3.19. The van der Waals surface area contributed by atoms with Gasteiger partial charge in [0.1, 0.15) is 12.4 Å². The van der Waals surface area contributed by atoms with E-state index >= 15 is 0 Å². The zero-order valence-corrected chi connectivity index (χ0v) is 17.4. The molecule has 2 atom stereocenters. The molecule has 3 aromatic carbocycles. The molecule has 0 aromatic heterocycles. The van der Waals surface area contributed by atoms with Crippen LogP contribution in [0.5, 0.6) is 5.75 Å². The number of carboxylic acids is 1. The quantitative estimate of drug-likeness (QED) is 0.420. The van der Waals surface area contributed by atoms with Crippen molar-refractivity contribution in [3.63, 3.8) is 0 Å². The lowest BCUT2D eigenvalue weighted by Crippen LogP contribution is -2.14. The van der Waals surface area contributed by atoms with E-state index in [1.54, 1.807) is 31.2 Å². The molecular weight excluding hydrogens is 394 g/mol. The Morgan fingerprint density at radius 1 is 1.00 bits per heavy atom. The number of aliphatic hydroxyl groups excluding tert-OH is 2. The zero-order chi connectivity index (χ0) is 22.4. The van der Waals surface area contributed by atoms with E-state index in [0.29, 0.717) is 11.3 Å². The number of aliphatic hydroxyl groups is 2. The van der Waals surface area contributed by atoms with Crippen molar-refractivity contribution < 1.29 is 24.9 Å². The lowest BCUT2D eigenvalue weighted by molar-refractivity contribution is -0.136. The monoisotopic (exact) mass is 421 g/mol. The average molecular weight is 421 g/mol. The Balaban J connectivity index is 1.91. The smallest absolute Gasteiger partial charge is 0.307 e. The fourth-order valence-electron chi connectivity index (χ4n) is 3.38. The van der Waals surface area contributed by atoms with Crippen LogP contribution >= 0.6 is 0 Å². The van der Waals surface area contributed by atoms with Gasteiger partial charge in [0.25, 0.3) is 0 Å². The number of hydrogen-bond donors (Lipinski definition) is 4. The molecule has 0 saturated heterocycles. The van der Waals surface area contributed by atoms with Gasteiger partial charge in [0.15, 0.2) is 0 Å². The number of rotatable bonds is 9. The Labute approximate surface area is 181 Å². The molecule has 0 bridgehead atoms. The third kappa shape index (κ3) is 5.92. The number of carboxylic acid groups (broad SMARTS) is 1. The molecule has 0 spiro atoms. The van der Waals surface area contributed by atoms with Gasteiger partial charge in [0.05, 0.1) is 25.2 Å². The number of carbonyl (C=O) groups is 1. The molecule has 3 aromatic rings. The molecule has 0 amide bonds. The van der Waals surface area contributed by atoms with E-state index in [2.05, 4.69) is 0 Å². The second-order valence-corrected chi connectivity index (χ2v) is 7.52. The van der Waals surface area contributed by atoms with Crippen molar-refractivity contribution in [1.82, 2.24) is 0 Å². The Morgan fingerprint density at radius 2 is 1.74 bits per heavy atom. The van der Waals surface area contributed by atoms with Crippen LogP contribution in [0.4, 0.5) is 0 Å². The molecule has 162 valence electrons. The van der Waals surface area contributed by atoms with Crippen LogP contribution in [-0.4, -0.2) is 27.9 Å². The standard InChI is InChI=1S/C25H27NO5/c1-16(28)21-9-17(15-31-24-8-3-2-5-20(24)13-25(29)30)10-22(12-21)18-6-4-7-19(11-18)23(26)14-27/h2-12,16,23,27-28H,13-15,26H2,1H3,(H,29,30)/t16?,23-/m1/s1. The normalized spacial score (nSPS) is 12.9. The van der Waals surface area contributed by atoms with Gasteiger partial charge in [-0.3, -0.25) is 4.79 Å². The first-order chi connectivity index (χ1) is 14.9. The van der Waals surface area contributed by atoms with Crippen molar-refractivity contribution in [3.8, 4) is 16.9 Å². The van der Waals surface area contributed by atoms with Crippen LogP contribution in [0.15, 0.2) is 66.7 Å². The largest absolute Gasteiger partial charge is 0.489 e. The van der Waals surface area contributed by atoms with Gasteiger partial charge in [0.2, 0.25) is 0 Å². The summed E-state index contributed by atoms with van der Waals surface area (Å²) in [5.41, 5.74) is 10.8. The molecule has 6 heteroatoms. The average Bonchev–Trinajstić information content (AvgIpc) is 2.77. The van der Waals surface area contributed by atoms with Crippen LogP contribution in [0.3, 0.4) is 0 Å². The van der Waals surface area contributed by atoms with Gasteiger partial charge in [-0.2, -0.15) is 0 Å². The third-order valence-corrected chi connectivity index (χ3v) is 5.05. The summed E-state index contributed by atoms with van der Waals surface area (Å²) in [7, 11) is 0. The third-order valence-electron chi connectivity index (χ3n) is 5.05. The van der Waals surface area contributed by atoms with Crippen molar-refractivity contribution in [2.45, 2.75) is 32.1 Å². The molecule has 0 aliphatic rings. The number of para-hydroxylation sites is 1. The Morgan fingerprint density at radius 3 is 2.45 bits per heavy atom. The van der Waals surface area contributed by atoms with Gasteiger partial charge in [-0.1, -0.05) is 36.4 Å². The maximum absolute atomic E-state index is 11.1. The molecule has 0 fully saturated rings. The van der Waals surface area contributed by atoms with Gasteiger partial charge in [-0.05, 0) is 65.1 Å². The minimum absolute atomic E-state index is 0.118. The summed E-state index contributed by atoms with van der Waals surface area (Å²) in [5, 5.41) is 28.6. The summed E-state index contributed by atoms with van der Waals surface area (Å²) >= 11 is 0. The van der Waals surface area contributed by atoms with Crippen LogP contribution < -0.4 is 10.5 Å². The lowest BCUT2D eigenvalue weighted by atomic mass is 9.95. The van der Waals surface area contributed by atoms with Crippen molar-refractivity contribution in [2.24, 2.45) is 5.73 Å². The van der Waals surface area contributed by atoms with E-state index < -0.39 is 18.1 Å². The minimum Gasteiger partial charge on any atom is -0.489 e. The van der Waals surface area contributed by atoms with Gasteiger partial charge in [-0.25, -0.2) is 0 Å². The molecule has 0 aliphatic heterocycles. The summed E-state index contributed by atoms with van der Waals surface area (Å²) in [6, 6.07) is 20.0. The zero-order valence-electron chi connectivity index (χ0n) is 17.4. The Kier molecular flexibility index (Phi) is 7.41. The molecule has 0 saturated carbocycles. The Bertz CT molecular complexity index is 1050. The molecule has 3 rings (SSSR count). The molecule has 0 aliphatic carbocycles.